The molecule has 0 amide bonds. The summed E-state index contributed by atoms with van der Waals surface area (Å²) in [6.07, 6.45) is -2.65. The van der Waals surface area contributed by atoms with Crippen LogP contribution >= 0.6 is 0 Å². The van der Waals surface area contributed by atoms with Gasteiger partial charge in [0, 0.05) is 5.41 Å². The van der Waals surface area contributed by atoms with E-state index in [1.165, 1.54) is 0 Å². The predicted molar refractivity (Wildman–Crippen MR) is 85.4 cm³/mol. The molecule has 23 heavy (non-hydrogen) atoms. The minimum atomic E-state index is -0.861. The molecule has 2 aromatic rings. The van der Waals surface area contributed by atoms with Gasteiger partial charge in [-0.1, -0.05) is 38.1 Å². The summed E-state index contributed by atoms with van der Waals surface area (Å²) in [6, 6.07) is 15.3. The van der Waals surface area contributed by atoms with E-state index < -0.39 is 29.8 Å². The van der Waals surface area contributed by atoms with E-state index in [-0.39, 0.29) is 0 Å². The first-order valence-corrected chi connectivity index (χ1v) is 7.86. The van der Waals surface area contributed by atoms with Crippen LogP contribution in [0, 0.1) is 5.41 Å². The van der Waals surface area contributed by atoms with E-state index in [2.05, 4.69) is 0 Å². The van der Waals surface area contributed by atoms with Crippen molar-refractivity contribution in [1.82, 2.24) is 0 Å². The molecule has 4 aliphatic heterocycles. The second kappa shape index (κ2) is 4.98. The van der Waals surface area contributed by atoms with Crippen molar-refractivity contribution in [2.75, 3.05) is 0 Å². The molecule has 4 unspecified atom stereocenters. The van der Waals surface area contributed by atoms with E-state index in [9.17, 15) is 10.2 Å². The molecule has 4 nitrogen and oxygen atoms in total. The molecule has 0 saturated carbocycles. The third-order valence-corrected chi connectivity index (χ3v) is 5.04. The van der Waals surface area contributed by atoms with Crippen molar-refractivity contribution in [2.24, 2.45) is 5.41 Å². The maximum absolute atomic E-state index is 10.9. The van der Waals surface area contributed by atoms with E-state index in [1.807, 2.05) is 62.4 Å². The summed E-state index contributed by atoms with van der Waals surface area (Å²) in [6.45, 7) is 3.69. The molecule has 0 saturated heterocycles. The highest BCUT2D eigenvalue weighted by Crippen LogP contribution is 2.44. The first-order chi connectivity index (χ1) is 11.0. The lowest BCUT2D eigenvalue weighted by molar-refractivity contribution is -0.129. The molecule has 0 aliphatic carbocycles. The molecule has 0 aromatic heterocycles. The summed E-state index contributed by atoms with van der Waals surface area (Å²) < 4.78 is 11.6. The van der Waals surface area contributed by atoms with Gasteiger partial charge in [-0.15, -0.1) is 0 Å². The lowest BCUT2D eigenvalue weighted by atomic mass is 9.73. The zero-order valence-electron chi connectivity index (χ0n) is 13.1. The third kappa shape index (κ3) is 2.21. The molecular weight excluding hydrogens is 292 g/mol. The van der Waals surface area contributed by atoms with Gasteiger partial charge in [0.2, 0.25) is 0 Å². The molecule has 2 N–H and O–H groups in total. The second-order valence-corrected chi connectivity index (χ2v) is 6.93. The molecule has 4 atom stereocenters. The fourth-order valence-corrected chi connectivity index (χ4v) is 3.35. The van der Waals surface area contributed by atoms with Crippen molar-refractivity contribution in [3.05, 3.63) is 59.7 Å². The Hall–Kier alpha value is -2.04. The average Bonchev–Trinajstić information content (AvgIpc) is 2.62. The van der Waals surface area contributed by atoms with E-state index in [0.717, 1.165) is 22.6 Å². The van der Waals surface area contributed by atoms with Crippen molar-refractivity contribution < 1.29 is 19.7 Å². The zero-order chi connectivity index (χ0) is 16.2. The monoisotopic (exact) mass is 312 g/mol. The maximum atomic E-state index is 10.9. The van der Waals surface area contributed by atoms with Crippen LogP contribution in [0.15, 0.2) is 48.5 Å². The molecular formula is C19H20O4. The van der Waals surface area contributed by atoms with Gasteiger partial charge in [-0.2, -0.15) is 0 Å². The number of aliphatic hydroxyl groups excluding tert-OH is 2. The van der Waals surface area contributed by atoms with Crippen LogP contribution in [0.25, 0.3) is 0 Å². The summed E-state index contributed by atoms with van der Waals surface area (Å²) in [5, 5.41) is 21.8. The molecule has 0 radical (unpaired) electrons. The first kappa shape index (κ1) is 14.5. The number of fused-ring (bicyclic) bond motifs is 6. The van der Waals surface area contributed by atoms with Crippen LogP contribution in [0.5, 0.6) is 11.5 Å². The largest absolute Gasteiger partial charge is 0.483 e. The number of hydrogen-bond acceptors (Lipinski definition) is 4. The van der Waals surface area contributed by atoms with Crippen LogP contribution < -0.4 is 9.47 Å². The van der Waals surface area contributed by atoms with Gasteiger partial charge in [-0.3, -0.25) is 0 Å². The van der Waals surface area contributed by atoms with Crippen LogP contribution in [0.2, 0.25) is 0 Å². The lowest BCUT2D eigenvalue weighted by Crippen LogP contribution is -2.49. The Labute approximate surface area is 135 Å². The minimum absolute atomic E-state index is 0.464. The van der Waals surface area contributed by atoms with Crippen LogP contribution in [0.3, 0.4) is 0 Å². The number of hydrogen-bond donors (Lipinski definition) is 2. The number of aliphatic hydroxyl groups is 2. The Morgan fingerprint density at radius 1 is 0.739 bits per heavy atom. The summed E-state index contributed by atoms with van der Waals surface area (Å²) in [4.78, 5) is 0. The van der Waals surface area contributed by atoms with E-state index in [4.69, 9.17) is 9.47 Å². The highest BCUT2D eigenvalue weighted by molar-refractivity contribution is 5.36. The lowest BCUT2D eigenvalue weighted by Gasteiger charge is -2.43. The molecule has 4 bridgehead atoms. The van der Waals surface area contributed by atoms with Gasteiger partial charge in [0.05, 0.1) is 0 Å². The fraction of sp³-hybridized carbons (Fsp3) is 0.368. The van der Waals surface area contributed by atoms with Gasteiger partial charge in [-0.05, 0) is 35.4 Å². The van der Waals surface area contributed by atoms with Crippen LogP contribution in [0.1, 0.15) is 37.2 Å². The van der Waals surface area contributed by atoms with Gasteiger partial charge in [0.25, 0.3) is 0 Å². The average molecular weight is 312 g/mol. The minimum Gasteiger partial charge on any atom is -0.483 e. The third-order valence-electron chi connectivity index (χ3n) is 5.04. The Morgan fingerprint density at radius 2 is 1.09 bits per heavy atom. The molecule has 2 aromatic carbocycles. The number of benzene rings is 2. The SMILES string of the molecule is CC(C)(C(O)C1Oc2ccc1cc2)C(O)C1Oc2ccc1cc2. The van der Waals surface area contributed by atoms with Gasteiger partial charge in [0.15, 0.2) is 12.2 Å². The smallest absolute Gasteiger partial charge is 0.150 e. The highest BCUT2D eigenvalue weighted by Gasteiger charge is 2.47. The van der Waals surface area contributed by atoms with Gasteiger partial charge in [0.1, 0.15) is 23.7 Å². The molecule has 4 heteroatoms. The summed E-state index contributed by atoms with van der Waals surface area (Å²) in [7, 11) is 0. The predicted octanol–water partition coefficient (Wildman–Crippen LogP) is 3.00. The van der Waals surface area contributed by atoms with Gasteiger partial charge < -0.3 is 19.7 Å². The quantitative estimate of drug-likeness (QED) is 0.911. The molecule has 4 aliphatic rings. The standard InChI is InChI=1S/C19H20O4/c1-19(2,17(20)15-11-3-7-13(22-15)8-4-11)18(21)16-12-5-9-14(23-16)10-6-12/h3-10,15-18,20-21H,1-2H3. The van der Waals surface area contributed by atoms with Crippen molar-refractivity contribution in [2.45, 2.75) is 38.3 Å². The Bertz CT molecular complexity index is 644. The number of rotatable bonds is 4. The summed E-state index contributed by atoms with van der Waals surface area (Å²) in [5.74, 6) is 1.47. The molecule has 120 valence electrons. The highest BCUT2D eigenvalue weighted by atomic mass is 16.5. The maximum Gasteiger partial charge on any atom is 0.150 e. The molecule has 0 spiro atoms. The second-order valence-electron chi connectivity index (χ2n) is 6.93. The first-order valence-electron chi connectivity index (χ1n) is 7.86. The fourth-order valence-electron chi connectivity index (χ4n) is 3.35. The van der Waals surface area contributed by atoms with Crippen molar-refractivity contribution >= 4 is 0 Å². The van der Waals surface area contributed by atoms with E-state index in [1.54, 1.807) is 0 Å². The van der Waals surface area contributed by atoms with Gasteiger partial charge in [-0.25, -0.2) is 0 Å². The molecule has 0 fully saturated rings. The van der Waals surface area contributed by atoms with Crippen molar-refractivity contribution in [3.8, 4) is 11.5 Å². The Balaban J connectivity index is 1.58. The van der Waals surface area contributed by atoms with E-state index >= 15 is 0 Å². The van der Waals surface area contributed by atoms with Gasteiger partial charge >= 0.3 is 0 Å². The normalized spacial score (nSPS) is 24.0. The zero-order valence-corrected chi connectivity index (χ0v) is 13.1. The Morgan fingerprint density at radius 3 is 1.35 bits per heavy atom. The van der Waals surface area contributed by atoms with E-state index in [0.29, 0.717) is 0 Å². The van der Waals surface area contributed by atoms with Crippen molar-refractivity contribution in [3.63, 3.8) is 0 Å². The number of ether oxygens (including phenoxy) is 2. The summed E-state index contributed by atoms with van der Waals surface area (Å²) in [5.41, 5.74) is 1.02. The van der Waals surface area contributed by atoms with Crippen LogP contribution in [0.4, 0.5) is 0 Å². The van der Waals surface area contributed by atoms with Crippen LogP contribution in [-0.2, 0) is 0 Å². The summed E-state index contributed by atoms with van der Waals surface area (Å²) >= 11 is 0. The van der Waals surface area contributed by atoms with Crippen molar-refractivity contribution in [1.29, 1.82) is 0 Å². The van der Waals surface area contributed by atoms with Crippen LogP contribution in [-0.4, -0.2) is 22.4 Å². The Kier molecular flexibility index (Phi) is 3.15. The molecule has 6 rings (SSSR count). The molecule has 4 heterocycles. The topological polar surface area (TPSA) is 58.9 Å².